The van der Waals surface area contributed by atoms with E-state index in [9.17, 15) is 0 Å². The van der Waals surface area contributed by atoms with Crippen LogP contribution in [0.3, 0.4) is 0 Å². The second-order valence-electron chi connectivity index (χ2n) is 6.12. The molecule has 94 valence electrons. The van der Waals surface area contributed by atoms with Gasteiger partial charge in [0, 0.05) is 13.1 Å². The molecule has 1 heterocycles. The zero-order valence-corrected chi connectivity index (χ0v) is 11.3. The lowest BCUT2D eigenvalue weighted by molar-refractivity contribution is 0.197. The van der Waals surface area contributed by atoms with Crippen LogP contribution < -0.4 is 0 Å². The molecule has 0 N–H and O–H groups in total. The molecule has 2 rings (SSSR count). The molecule has 16 heavy (non-hydrogen) atoms. The van der Waals surface area contributed by atoms with Crippen molar-refractivity contribution in [2.45, 2.75) is 58.8 Å². The first-order valence-electron chi connectivity index (χ1n) is 7.54. The number of nitrogens with zero attached hydrogens (tertiary/aromatic N) is 1. The molecular weight excluding hydrogens is 194 g/mol. The molecule has 1 saturated carbocycles. The minimum absolute atomic E-state index is 1.01. The van der Waals surface area contributed by atoms with Crippen molar-refractivity contribution in [1.82, 2.24) is 4.90 Å². The summed E-state index contributed by atoms with van der Waals surface area (Å²) < 4.78 is 0. The van der Waals surface area contributed by atoms with Crippen LogP contribution in [0.15, 0.2) is 0 Å². The van der Waals surface area contributed by atoms with Crippen LogP contribution in [0.1, 0.15) is 58.8 Å². The average molecular weight is 223 g/mol. The van der Waals surface area contributed by atoms with Gasteiger partial charge in [0.25, 0.3) is 0 Å². The topological polar surface area (TPSA) is 3.24 Å². The van der Waals surface area contributed by atoms with Gasteiger partial charge in [-0.15, -0.1) is 0 Å². The third-order valence-electron chi connectivity index (χ3n) is 5.01. The van der Waals surface area contributed by atoms with Crippen LogP contribution >= 0.6 is 0 Å². The van der Waals surface area contributed by atoms with E-state index in [0.717, 1.165) is 17.8 Å². The number of likely N-dealkylation sites (tertiary alicyclic amines) is 1. The van der Waals surface area contributed by atoms with E-state index >= 15 is 0 Å². The van der Waals surface area contributed by atoms with Gasteiger partial charge < -0.3 is 4.90 Å². The first-order valence-corrected chi connectivity index (χ1v) is 7.54. The van der Waals surface area contributed by atoms with E-state index in [4.69, 9.17) is 0 Å². The van der Waals surface area contributed by atoms with Crippen LogP contribution in [-0.2, 0) is 0 Å². The van der Waals surface area contributed by atoms with Crippen molar-refractivity contribution in [2.24, 2.45) is 17.8 Å². The molecular formula is C15H29N. The van der Waals surface area contributed by atoms with E-state index in [0.29, 0.717) is 0 Å². The standard InChI is InChI=1S/C15H29N/c1-3-13-5-7-15(8-6-13)12-16-10-9-14(4-2)11-16/h13-15H,3-12H2,1-2H3. The largest absolute Gasteiger partial charge is 0.303 e. The summed E-state index contributed by atoms with van der Waals surface area (Å²) in [4.78, 5) is 2.74. The lowest BCUT2D eigenvalue weighted by Gasteiger charge is -2.30. The SMILES string of the molecule is CCC1CCC(CN2CCC(CC)C2)CC1. The van der Waals surface area contributed by atoms with E-state index in [-0.39, 0.29) is 0 Å². The van der Waals surface area contributed by atoms with E-state index < -0.39 is 0 Å². The highest BCUT2D eigenvalue weighted by Gasteiger charge is 2.26. The van der Waals surface area contributed by atoms with E-state index in [1.807, 2.05) is 0 Å². The summed E-state index contributed by atoms with van der Waals surface area (Å²) in [5.74, 6) is 3.09. The molecule has 2 fully saturated rings. The molecule has 1 aliphatic carbocycles. The van der Waals surface area contributed by atoms with Crippen LogP contribution in [0.25, 0.3) is 0 Å². The third-order valence-corrected chi connectivity index (χ3v) is 5.01. The van der Waals surface area contributed by atoms with Crippen molar-refractivity contribution in [3.05, 3.63) is 0 Å². The molecule has 1 nitrogen and oxygen atoms in total. The third kappa shape index (κ3) is 3.23. The van der Waals surface area contributed by atoms with Crippen LogP contribution in [0, 0.1) is 17.8 Å². The zero-order chi connectivity index (χ0) is 11.4. The van der Waals surface area contributed by atoms with Gasteiger partial charge >= 0.3 is 0 Å². The number of rotatable bonds is 4. The number of hydrogen-bond acceptors (Lipinski definition) is 1. The molecule has 1 heteroatoms. The molecule has 1 atom stereocenters. The van der Waals surface area contributed by atoms with Crippen molar-refractivity contribution in [3.63, 3.8) is 0 Å². The Morgan fingerprint density at radius 3 is 2.00 bits per heavy atom. The van der Waals surface area contributed by atoms with Crippen molar-refractivity contribution >= 4 is 0 Å². The van der Waals surface area contributed by atoms with Crippen LogP contribution in [0.2, 0.25) is 0 Å². The van der Waals surface area contributed by atoms with Crippen molar-refractivity contribution in [1.29, 1.82) is 0 Å². The minimum atomic E-state index is 1.01. The zero-order valence-electron chi connectivity index (χ0n) is 11.3. The molecule has 2 aliphatic rings. The summed E-state index contributed by atoms with van der Waals surface area (Å²) in [5, 5.41) is 0. The average Bonchev–Trinajstić information content (AvgIpc) is 2.78. The quantitative estimate of drug-likeness (QED) is 0.698. The Morgan fingerprint density at radius 2 is 1.44 bits per heavy atom. The maximum atomic E-state index is 2.74. The Morgan fingerprint density at radius 1 is 0.812 bits per heavy atom. The number of hydrogen-bond donors (Lipinski definition) is 0. The van der Waals surface area contributed by atoms with Gasteiger partial charge in [-0.2, -0.15) is 0 Å². The first-order chi connectivity index (χ1) is 7.81. The van der Waals surface area contributed by atoms with Crippen LogP contribution in [0.4, 0.5) is 0 Å². The van der Waals surface area contributed by atoms with E-state index in [2.05, 4.69) is 18.7 Å². The molecule has 0 aromatic carbocycles. The molecule has 1 saturated heterocycles. The molecule has 0 radical (unpaired) electrons. The van der Waals surface area contributed by atoms with Crippen LogP contribution in [0.5, 0.6) is 0 Å². The normalized spacial score (nSPS) is 36.8. The van der Waals surface area contributed by atoms with Gasteiger partial charge in [-0.05, 0) is 43.6 Å². The summed E-state index contributed by atoms with van der Waals surface area (Å²) in [7, 11) is 0. The van der Waals surface area contributed by atoms with Gasteiger partial charge in [0.2, 0.25) is 0 Å². The summed E-state index contributed by atoms with van der Waals surface area (Å²) >= 11 is 0. The van der Waals surface area contributed by atoms with Crippen LogP contribution in [-0.4, -0.2) is 24.5 Å². The highest BCUT2D eigenvalue weighted by Crippen LogP contribution is 2.32. The molecule has 0 amide bonds. The van der Waals surface area contributed by atoms with Gasteiger partial charge in [-0.1, -0.05) is 39.5 Å². The lowest BCUT2D eigenvalue weighted by atomic mass is 9.81. The lowest BCUT2D eigenvalue weighted by Crippen LogP contribution is -2.29. The molecule has 0 spiro atoms. The Hall–Kier alpha value is -0.0400. The van der Waals surface area contributed by atoms with Crippen molar-refractivity contribution in [3.8, 4) is 0 Å². The Kier molecular flexibility index (Phi) is 4.69. The molecule has 0 bridgehead atoms. The van der Waals surface area contributed by atoms with Gasteiger partial charge in [-0.3, -0.25) is 0 Å². The summed E-state index contributed by atoms with van der Waals surface area (Å²) in [6.07, 6.45) is 10.3. The second-order valence-corrected chi connectivity index (χ2v) is 6.12. The van der Waals surface area contributed by atoms with Gasteiger partial charge in [0.05, 0.1) is 0 Å². The van der Waals surface area contributed by atoms with Gasteiger partial charge in [0.1, 0.15) is 0 Å². The highest BCUT2D eigenvalue weighted by atomic mass is 15.1. The van der Waals surface area contributed by atoms with E-state index in [1.54, 1.807) is 0 Å². The minimum Gasteiger partial charge on any atom is -0.303 e. The molecule has 0 aromatic rings. The predicted octanol–water partition coefficient (Wildman–Crippen LogP) is 3.93. The Bertz CT molecular complexity index is 194. The summed E-state index contributed by atoms with van der Waals surface area (Å²) in [6, 6.07) is 0. The maximum absolute atomic E-state index is 2.74. The van der Waals surface area contributed by atoms with Gasteiger partial charge in [0.15, 0.2) is 0 Å². The molecule has 0 aromatic heterocycles. The second kappa shape index (κ2) is 6.05. The Balaban J connectivity index is 1.67. The summed E-state index contributed by atoms with van der Waals surface area (Å²) in [5.41, 5.74) is 0. The smallest absolute Gasteiger partial charge is 0.00101 e. The van der Waals surface area contributed by atoms with Gasteiger partial charge in [-0.25, -0.2) is 0 Å². The fraction of sp³-hybridized carbons (Fsp3) is 1.00. The van der Waals surface area contributed by atoms with Crippen molar-refractivity contribution < 1.29 is 0 Å². The highest BCUT2D eigenvalue weighted by molar-refractivity contribution is 4.79. The summed E-state index contributed by atoms with van der Waals surface area (Å²) in [6.45, 7) is 8.89. The molecule has 1 aliphatic heterocycles. The van der Waals surface area contributed by atoms with E-state index in [1.165, 1.54) is 64.6 Å². The van der Waals surface area contributed by atoms with Crippen molar-refractivity contribution in [2.75, 3.05) is 19.6 Å². The fourth-order valence-electron chi connectivity index (χ4n) is 3.60. The predicted molar refractivity (Wildman–Crippen MR) is 70.6 cm³/mol. The monoisotopic (exact) mass is 223 g/mol. The fourth-order valence-corrected chi connectivity index (χ4v) is 3.60. The molecule has 1 unspecified atom stereocenters. The Labute approximate surface area is 102 Å². The maximum Gasteiger partial charge on any atom is 0.00101 e. The first kappa shape index (κ1) is 12.4.